The summed E-state index contributed by atoms with van der Waals surface area (Å²) in [6, 6.07) is 4.93. The molecule has 2 aromatic rings. The summed E-state index contributed by atoms with van der Waals surface area (Å²) in [5.74, 6) is 0.440. The van der Waals surface area contributed by atoms with E-state index in [0.717, 1.165) is 36.6 Å². The van der Waals surface area contributed by atoms with Crippen LogP contribution < -0.4 is 4.90 Å². The lowest BCUT2D eigenvalue weighted by molar-refractivity contribution is -0.156. The van der Waals surface area contributed by atoms with Gasteiger partial charge in [-0.15, -0.1) is 0 Å². The standard InChI is InChI=1S/C18H21N3O3/c1-18(2,3)24-17(23)15-5-4-8-21(15)16-13-9-12(10-22)6-7-14(13)19-11-20-16/h6-7,9-11,15H,4-5,8H2,1-3H3/t15-/m0/s1. The first-order valence-electron chi connectivity index (χ1n) is 8.08. The fourth-order valence-corrected chi connectivity index (χ4v) is 3.00. The van der Waals surface area contributed by atoms with E-state index in [2.05, 4.69) is 9.97 Å². The number of fused-ring (bicyclic) bond motifs is 1. The Labute approximate surface area is 140 Å². The summed E-state index contributed by atoms with van der Waals surface area (Å²) in [4.78, 5) is 34.2. The van der Waals surface area contributed by atoms with Crippen LogP contribution in [0.3, 0.4) is 0 Å². The van der Waals surface area contributed by atoms with E-state index in [9.17, 15) is 9.59 Å². The van der Waals surface area contributed by atoms with Crippen molar-refractivity contribution in [2.75, 3.05) is 11.4 Å². The van der Waals surface area contributed by atoms with E-state index in [1.54, 1.807) is 18.2 Å². The molecule has 0 radical (unpaired) electrons. The number of hydrogen-bond acceptors (Lipinski definition) is 6. The van der Waals surface area contributed by atoms with Crippen LogP contribution in [0.4, 0.5) is 5.82 Å². The zero-order valence-electron chi connectivity index (χ0n) is 14.2. The van der Waals surface area contributed by atoms with Crippen molar-refractivity contribution in [3.8, 4) is 0 Å². The Morgan fingerprint density at radius 3 is 2.83 bits per heavy atom. The second-order valence-corrected chi connectivity index (χ2v) is 6.98. The van der Waals surface area contributed by atoms with Gasteiger partial charge >= 0.3 is 5.97 Å². The highest BCUT2D eigenvalue weighted by Crippen LogP contribution is 2.31. The molecule has 1 fully saturated rings. The van der Waals surface area contributed by atoms with Crippen molar-refractivity contribution in [2.24, 2.45) is 0 Å². The molecular formula is C18H21N3O3. The Balaban J connectivity index is 1.99. The van der Waals surface area contributed by atoms with Gasteiger partial charge in [-0.1, -0.05) is 0 Å². The SMILES string of the molecule is CC(C)(C)OC(=O)[C@@H]1CCCN1c1ncnc2ccc(C=O)cc12. The Morgan fingerprint density at radius 1 is 1.33 bits per heavy atom. The predicted molar refractivity (Wildman–Crippen MR) is 91.1 cm³/mol. The van der Waals surface area contributed by atoms with Gasteiger partial charge in [0.15, 0.2) is 0 Å². The fourth-order valence-electron chi connectivity index (χ4n) is 3.00. The number of carbonyl (C=O) groups is 2. The van der Waals surface area contributed by atoms with E-state index in [-0.39, 0.29) is 12.0 Å². The molecule has 1 aromatic heterocycles. The molecule has 1 aromatic carbocycles. The summed E-state index contributed by atoms with van der Waals surface area (Å²) >= 11 is 0. The Bertz CT molecular complexity index is 783. The van der Waals surface area contributed by atoms with Gasteiger partial charge in [0.2, 0.25) is 0 Å². The van der Waals surface area contributed by atoms with Crippen LogP contribution in [0, 0.1) is 0 Å². The first-order valence-corrected chi connectivity index (χ1v) is 8.08. The molecule has 1 aliphatic heterocycles. The molecule has 0 N–H and O–H groups in total. The molecule has 0 spiro atoms. The fraction of sp³-hybridized carbons (Fsp3) is 0.444. The summed E-state index contributed by atoms with van der Waals surface area (Å²) in [5, 5.41) is 0.776. The second-order valence-electron chi connectivity index (χ2n) is 6.98. The first kappa shape index (κ1) is 16.4. The van der Waals surface area contributed by atoms with Crippen molar-refractivity contribution < 1.29 is 14.3 Å². The molecule has 24 heavy (non-hydrogen) atoms. The van der Waals surface area contributed by atoms with Gasteiger partial charge < -0.3 is 9.64 Å². The lowest BCUT2D eigenvalue weighted by atomic mass is 10.1. The van der Waals surface area contributed by atoms with Crippen molar-refractivity contribution in [1.82, 2.24) is 9.97 Å². The highest BCUT2D eigenvalue weighted by Gasteiger charge is 2.35. The number of hydrogen-bond donors (Lipinski definition) is 0. The number of rotatable bonds is 3. The number of anilines is 1. The zero-order valence-corrected chi connectivity index (χ0v) is 14.2. The number of aromatic nitrogens is 2. The normalized spacial score (nSPS) is 18.0. The minimum atomic E-state index is -0.524. The maximum absolute atomic E-state index is 12.5. The first-order chi connectivity index (χ1) is 11.4. The molecule has 0 saturated carbocycles. The van der Waals surface area contributed by atoms with Gasteiger partial charge in [-0.25, -0.2) is 14.8 Å². The minimum absolute atomic E-state index is 0.238. The van der Waals surface area contributed by atoms with Crippen molar-refractivity contribution in [2.45, 2.75) is 45.3 Å². The number of benzene rings is 1. The Hall–Kier alpha value is -2.50. The zero-order chi connectivity index (χ0) is 17.3. The molecule has 1 saturated heterocycles. The smallest absolute Gasteiger partial charge is 0.329 e. The molecule has 0 amide bonds. The molecule has 1 aliphatic rings. The van der Waals surface area contributed by atoms with Crippen molar-refractivity contribution in [1.29, 1.82) is 0 Å². The van der Waals surface area contributed by atoms with E-state index < -0.39 is 5.60 Å². The van der Waals surface area contributed by atoms with Crippen LogP contribution in [-0.4, -0.2) is 40.4 Å². The maximum atomic E-state index is 12.5. The third-order valence-electron chi connectivity index (χ3n) is 3.98. The van der Waals surface area contributed by atoms with Crippen LogP contribution in [0.25, 0.3) is 10.9 Å². The largest absolute Gasteiger partial charge is 0.458 e. The topological polar surface area (TPSA) is 72.4 Å². The second kappa shape index (κ2) is 6.19. The summed E-state index contributed by atoms with van der Waals surface area (Å²) in [7, 11) is 0. The summed E-state index contributed by atoms with van der Waals surface area (Å²) in [5.41, 5.74) is 0.788. The maximum Gasteiger partial charge on any atom is 0.329 e. The number of ether oxygens (including phenoxy) is 1. The number of esters is 1. The van der Waals surface area contributed by atoms with Gasteiger partial charge in [-0.05, 0) is 51.8 Å². The van der Waals surface area contributed by atoms with Gasteiger partial charge in [0.05, 0.1) is 5.52 Å². The molecule has 0 aliphatic carbocycles. The van der Waals surface area contributed by atoms with Crippen LogP contribution >= 0.6 is 0 Å². The lowest BCUT2D eigenvalue weighted by Crippen LogP contribution is -2.41. The predicted octanol–water partition coefficient (Wildman–Crippen LogP) is 2.75. The van der Waals surface area contributed by atoms with Gasteiger partial charge in [-0.3, -0.25) is 4.79 Å². The third kappa shape index (κ3) is 3.22. The number of aldehydes is 1. The van der Waals surface area contributed by atoms with E-state index in [4.69, 9.17) is 4.74 Å². The van der Waals surface area contributed by atoms with Gasteiger partial charge in [0, 0.05) is 17.5 Å². The van der Waals surface area contributed by atoms with Crippen LogP contribution in [0.1, 0.15) is 44.0 Å². The molecule has 2 heterocycles. The number of nitrogens with zero attached hydrogens (tertiary/aromatic N) is 3. The number of carbonyl (C=O) groups excluding carboxylic acids is 2. The van der Waals surface area contributed by atoms with E-state index in [0.29, 0.717) is 11.4 Å². The highest BCUT2D eigenvalue weighted by molar-refractivity contribution is 5.95. The van der Waals surface area contributed by atoms with E-state index in [1.165, 1.54) is 6.33 Å². The van der Waals surface area contributed by atoms with Crippen LogP contribution in [0.15, 0.2) is 24.5 Å². The molecule has 0 unspecified atom stereocenters. The summed E-state index contributed by atoms with van der Waals surface area (Å²) in [6.07, 6.45) is 3.91. The molecule has 6 nitrogen and oxygen atoms in total. The van der Waals surface area contributed by atoms with Crippen LogP contribution in [0.2, 0.25) is 0 Å². The minimum Gasteiger partial charge on any atom is -0.458 e. The van der Waals surface area contributed by atoms with E-state index in [1.807, 2.05) is 25.7 Å². The quantitative estimate of drug-likeness (QED) is 0.637. The molecular weight excluding hydrogens is 306 g/mol. The average molecular weight is 327 g/mol. The third-order valence-corrected chi connectivity index (χ3v) is 3.98. The molecule has 3 rings (SSSR count). The van der Waals surface area contributed by atoms with Crippen molar-refractivity contribution >= 4 is 29.0 Å². The average Bonchev–Trinajstić information content (AvgIpc) is 3.01. The van der Waals surface area contributed by atoms with Crippen LogP contribution in [0.5, 0.6) is 0 Å². The molecule has 0 bridgehead atoms. The van der Waals surface area contributed by atoms with Crippen LogP contribution in [-0.2, 0) is 9.53 Å². The van der Waals surface area contributed by atoms with Gasteiger partial charge in [0.25, 0.3) is 0 Å². The van der Waals surface area contributed by atoms with Gasteiger partial charge in [0.1, 0.15) is 30.1 Å². The highest BCUT2D eigenvalue weighted by atomic mass is 16.6. The van der Waals surface area contributed by atoms with Crippen molar-refractivity contribution in [3.63, 3.8) is 0 Å². The van der Waals surface area contributed by atoms with Crippen molar-refractivity contribution in [3.05, 3.63) is 30.1 Å². The summed E-state index contributed by atoms with van der Waals surface area (Å²) < 4.78 is 5.55. The Morgan fingerprint density at radius 2 is 2.12 bits per heavy atom. The van der Waals surface area contributed by atoms with E-state index >= 15 is 0 Å². The van der Waals surface area contributed by atoms with Gasteiger partial charge in [-0.2, -0.15) is 0 Å². The molecule has 1 atom stereocenters. The summed E-state index contributed by atoms with van der Waals surface area (Å²) in [6.45, 7) is 6.31. The lowest BCUT2D eigenvalue weighted by Gasteiger charge is -2.28. The Kier molecular flexibility index (Phi) is 4.22. The molecule has 126 valence electrons. The monoisotopic (exact) mass is 327 g/mol. The molecule has 6 heteroatoms.